The molecule has 0 bridgehead atoms. The first kappa shape index (κ1) is 18.6. The number of nitrogens with zero attached hydrogens (tertiary/aromatic N) is 2. The largest absolute Gasteiger partial charge is 0.353 e. The van der Waals surface area contributed by atoms with Crippen molar-refractivity contribution in [3.8, 4) is 0 Å². The molecular weight excluding hydrogens is 349 g/mol. The van der Waals surface area contributed by atoms with Crippen molar-refractivity contribution < 1.29 is 14.0 Å². The second-order valence-electron chi connectivity index (χ2n) is 5.48. The molecule has 24 heavy (non-hydrogen) atoms. The number of thioether (sulfide) groups is 1. The van der Waals surface area contributed by atoms with E-state index in [9.17, 15) is 14.0 Å². The molecule has 1 fully saturated rings. The van der Waals surface area contributed by atoms with E-state index in [1.165, 1.54) is 17.0 Å². The van der Waals surface area contributed by atoms with Crippen molar-refractivity contribution in [3.63, 3.8) is 0 Å². The van der Waals surface area contributed by atoms with E-state index < -0.39 is 0 Å². The number of rotatable bonds is 6. The third-order valence-corrected chi connectivity index (χ3v) is 4.58. The molecule has 0 unspecified atom stereocenters. The molecule has 2 rings (SSSR count). The minimum atomic E-state index is -0.375. The van der Waals surface area contributed by atoms with Crippen LogP contribution in [0, 0.1) is 5.82 Å². The molecule has 0 spiro atoms. The summed E-state index contributed by atoms with van der Waals surface area (Å²) in [5.41, 5.74) is 0.575. The molecule has 0 radical (unpaired) electrons. The minimum Gasteiger partial charge on any atom is -0.353 e. The molecule has 1 aromatic rings. The van der Waals surface area contributed by atoms with E-state index in [1.54, 1.807) is 18.2 Å². The van der Waals surface area contributed by atoms with E-state index in [2.05, 4.69) is 5.32 Å². The summed E-state index contributed by atoms with van der Waals surface area (Å²) in [6, 6.07) is 5.94. The van der Waals surface area contributed by atoms with Crippen LogP contribution in [0.2, 0.25) is 0 Å². The molecule has 0 saturated carbocycles. The van der Waals surface area contributed by atoms with Crippen molar-refractivity contribution in [2.24, 2.45) is 0 Å². The quantitative estimate of drug-likeness (QED) is 0.613. The maximum atomic E-state index is 13.2. The lowest BCUT2D eigenvalue weighted by Gasteiger charge is -2.15. The Morgan fingerprint density at radius 1 is 1.46 bits per heavy atom. The van der Waals surface area contributed by atoms with Gasteiger partial charge in [0.1, 0.15) is 16.7 Å². The molecule has 0 aromatic heterocycles. The molecule has 8 heteroatoms. The molecule has 1 aliphatic rings. The number of amides is 2. The van der Waals surface area contributed by atoms with Gasteiger partial charge in [-0.25, -0.2) is 4.39 Å². The van der Waals surface area contributed by atoms with Crippen LogP contribution < -0.4 is 5.32 Å². The van der Waals surface area contributed by atoms with E-state index in [1.807, 2.05) is 19.0 Å². The normalized spacial score (nSPS) is 16.3. The van der Waals surface area contributed by atoms with Crippen molar-refractivity contribution >= 4 is 46.2 Å². The molecular formula is C16H18FN3O2S2. The summed E-state index contributed by atoms with van der Waals surface area (Å²) >= 11 is 6.29. The number of thiocarbonyl (C=S) groups is 1. The van der Waals surface area contributed by atoms with Gasteiger partial charge in [-0.15, -0.1) is 0 Å². The van der Waals surface area contributed by atoms with Gasteiger partial charge in [-0.05, 0) is 37.9 Å². The van der Waals surface area contributed by atoms with Crippen LogP contribution in [0.4, 0.5) is 4.39 Å². The Morgan fingerprint density at radius 2 is 2.21 bits per heavy atom. The zero-order chi connectivity index (χ0) is 17.7. The molecule has 0 atom stereocenters. The van der Waals surface area contributed by atoms with Crippen LogP contribution in [0.15, 0.2) is 29.2 Å². The monoisotopic (exact) mass is 367 g/mol. The molecule has 1 N–H and O–H groups in total. The van der Waals surface area contributed by atoms with Crippen LogP contribution in [-0.2, 0) is 9.59 Å². The number of halogens is 1. The van der Waals surface area contributed by atoms with Gasteiger partial charge in [-0.3, -0.25) is 14.5 Å². The highest BCUT2D eigenvalue weighted by Gasteiger charge is 2.33. The number of likely N-dealkylation sites (N-methyl/N-ethyl adjacent to an activating group) is 1. The summed E-state index contributed by atoms with van der Waals surface area (Å²) in [4.78, 5) is 27.9. The van der Waals surface area contributed by atoms with Crippen LogP contribution >= 0.6 is 24.0 Å². The predicted octanol–water partition coefficient (Wildman–Crippen LogP) is 1.70. The fraction of sp³-hybridized carbons (Fsp3) is 0.312. The molecule has 1 saturated heterocycles. The van der Waals surface area contributed by atoms with E-state index in [4.69, 9.17) is 12.2 Å². The second kappa shape index (κ2) is 8.36. The number of benzene rings is 1. The topological polar surface area (TPSA) is 52.7 Å². The maximum Gasteiger partial charge on any atom is 0.266 e. The Bertz CT molecular complexity index is 692. The van der Waals surface area contributed by atoms with E-state index in [0.717, 1.165) is 11.8 Å². The molecule has 1 aromatic carbocycles. The Hall–Kier alpha value is -1.77. The van der Waals surface area contributed by atoms with E-state index in [-0.39, 0.29) is 24.2 Å². The highest BCUT2D eigenvalue weighted by atomic mass is 32.2. The first-order valence-electron chi connectivity index (χ1n) is 7.29. The maximum absolute atomic E-state index is 13.2. The number of carbonyl (C=O) groups is 2. The van der Waals surface area contributed by atoms with Crippen molar-refractivity contribution in [1.29, 1.82) is 0 Å². The highest BCUT2D eigenvalue weighted by Crippen LogP contribution is 2.32. The average Bonchev–Trinajstić information content (AvgIpc) is 2.74. The van der Waals surface area contributed by atoms with E-state index >= 15 is 0 Å². The fourth-order valence-electron chi connectivity index (χ4n) is 2.00. The average molecular weight is 367 g/mol. The Kier molecular flexibility index (Phi) is 6.47. The van der Waals surface area contributed by atoms with Gasteiger partial charge >= 0.3 is 0 Å². The van der Waals surface area contributed by atoms with Gasteiger partial charge in [0.15, 0.2) is 0 Å². The summed E-state index contributed by atoms with van der Waals surface area (Å²) < 4.78 is 13.5. The second-order valence-corrected chi connectivity index (χ2v) is 7.15. The van der Waals surface area contributed by atoms with Crippen LogP contribution in [0.5, 0.6) is 0 Å². The predicted molar refractivity (Wildman–Crippen MR) is 97.8 cm³/mol. The molecule has 1 heterocycles. The first-order chi connectivity index (χ1) is 11.4. The van der Waals surface area contributed by atoms with Crippen molar-refractivity contribution in [3.05, 3.63) is 40.6 Å². The lowest BCUT2D eigenvalue weighted by Crippen LogP contribution is -2.41. The zero-order valence-corrected chi connectivity index (χ0v) is 15.0. The summed E-state index contributed by atoms with van der Waals surface area (Å²) in [6.45, 7) is 1.10. The Morgan fingerprint density at radius 3 is 2.88 bits per heavy atom. The third-order valence-electron chi connectivity index (χ3n) is 3.20. The zero-order valence-electron chi connectivity index (χ0n) is 13.4. The third kappa shape index (κ3) is 5.12. The van der Waals surface area contributed by atoms with Gasteiger partial charge < -0.3 is 10.2 Å². The summed E-state index contributed by atoms with van der Waals surface area (Å²) in [5, 5.41) is 2.74. The molecule has 0 aliphatic carbocycles. The fourth-order valence-corrected chi connectivity index (χ4v) is 3.26. The number of hydrogen-bond donors (Lipinski definition) is 1. The highest BCUT2D eigenvalue weighted by molar-refractivity contribution is 8.26. The Labute approximate surface area is 149 Å². The summed E-state index contributed by atoms with van der Waals surface area (Å²) in [5.74, 6) is -0.975. The summed E-state index contributed by atoms with van der Waals surface area (Å²) in [6.07, 6.45) is 1.58. The lowest BCUT2D eigenvalue weighted by molar-refractivity contribution is -0.128. The van der Waals surface area contributed by atoms with Crippen molar-refractivity contribution in [2.75, 3.05) is 33.7 Å². The number of carbonyl (C=O) groups excluding carboxylic acids is 2. The first-order valence-corrected chi connectivity index (χ1v) is 8.51. The lowest BCUT2D eigenvalue weighted by atomic mass is 10.2. The van der Waals surface area contributed by atoms with Gasteiger partial charge in [0.2, 0.25) is 5.91 Å². The van der Waals surface area contributed by atoms with Crippen LogP contribution in [0.1, 0.15) is 5.56 Å². The van der Waals surface area contributed by atoms with Gasteiger partial charge in [0.05, 0.1) is 4.91 Å². The molecule has 5 nitrogen and oxygen atoms in total. The van der Waals surface area contributed by atoms with Gasteiger partial charge in [-0.1, -0.05) is 36.1 Å². The van der Waals surface area contributed by atoms with Crippen molar-refractivity contribution in [2.45, 2.75) is 0 Å². The van der Waals surface area contributed by atoms with Gasteiger partial charge in [0.25, 0.3) is 5.91 Å². The standard InChI is InChI=1S/C16H18FN3O2S2/c1-19(2)7-6-18-14(21)10-20-15(22)13(24-16(20)23)9-11-4-3-5-12(17)8-11/h3-5,8-9H,6-7,10H2,1-2H3,(H,18,21)/b13-9+. The van der Waals surface area contributed by atoms with Crippen LogP contribution in [0.3, 0.4) is 0 Å². The van der Waals surface area contributed by atoms with Crippen LogP contribution in [-0.4, -0.2) is 59.7 Å². The molecule has 2 amide bonds. The summed E-state index contributed by atoms with van der Waals surface area (Å²) in [7, 11) is 3.82. The van der Waals surface area contributed by atoms with Crippen molar-refractivity contribution in [1.82, 2.24) is 15.1 Å². The van der Waals surface area contributed by atoms with Crippen LogP contribution in [0.25, 0.3) is 6.08 Å². The van der Waals surface area contributed by atoms with E-state index in [0.29, 0.717) is 27.9 Å². The van der Waals surface area contributed by atoms with Gasteiger partial charge in [-0.2, -0.15) is 0 Å². The van der Waals surface area contributed by atoms with Gasteiger partial charge in [0, 0.05) is 13.1 Å². The smallest absolute Gasteiger partial charge is 0.266 e. The molecule has 1 aliphatic heterocycles. The SMILES string of the molecule is CN(C)CCNC(=O)CN1C(=O)/C(=C\c2cccc(F)c2)SC1=S. The number of nitrogens with one attached hydrogen (secondary N) is 1. The minimum absolute atomic E-state index is 0.113. The Balaban J connectivity index is 2.00. The molecule has 128 valence electrons. The number of hydrogen-bond acceptors (Lipinski definition) is 5.